The van der Waals surface area contributed by atoms with Crippen molar-refractivity contribution in [3.8, 4) is 0 Å². The average Bonchev–Trinajstić information content (AvgIpc) is 3.57. The summed E-state index contributed by atoms with van der Waals surface area (Å²) in [5.41, 5.74) is -0.549. The van der Waals surface area contributed by atoms with Gasteiger partial charge >= 0.3 is 5.97 Å². The molecule has 36 heavy (non-hydrogen) atoms. The molecule has 3 fully saturated rings. The van der Waals surface area contributed by atoms with Crippen LogP contribution in [0.2, 0.25) is 0 Å². The minimum Gasteiger partial charge on any atom is -0.480 e. The summed E-state index contributed by atoms with van der Waals surface area (Å²) in [6.45, 7) is 5.96. The molecule has 0 spiro atoms. The molecule has 10 nitrogen and oxygen atoms in total. The third kappa shape index (κ3) is 5.37. The Morgan fingerprint density at radius 3 is 2.36 bits per heavy atom. The molecule has 5 atom stereocenters. The smallest absolute Gasteiger partial charge is 0.326 e. The first kappa shape index (κ1) is 26.0. The molecule has 196 valence electrons. The van der Waals surface area contributed by atoms with Gasteiger partial charge in [-0.15, -0.1) is 0 Å². The highest BCUT2D eigenvalue weighted by molar-refractivity contribution is 5.97. The molecular weight excluding hydrogens is 462 g/mol. The maximum Gasteiger partial charge on any atom is 0.326 e. The van der Waals surface area contributed by atoms with E-state index in [1.54, 1.807) is 0 Å². The Bertz CT molecular complexity index is 988. The van der Waals surface area contributed by atoms with Crippen LogP contribution in [0.1, 0.15) is 76.2 Å². The van der Waals surface area contributed by atoms with Gasteiger partial charge in [0.15, 0.2) is 0 Å². The van der Waals surface area contributed by atoms with Crippen LogP contribution in [0.15, 0.2) is 18.6 Å². The van der Waals surface area contributed by atoms with Crippen molar-refractivity contribution < 1.29 is 24.3 Å². The van der Waals surface area contributed by atoms with E-state index in [2.05, 4.69) is 20.6 Å². The number of carbonyl (C=O) groups excluding carboxylic acids is 3. The van der Waals surface area contributed by atoms with Crippen molar-refractivity contribution in [1.29, 1.82) is 0 Å². The number of nitrogens with zero attached hydrogens (tertiary/aromatic N) is 3. The number of nitrogens with one attached hydrogen (secondary N) is 2. The SMILES string of the molecule is CC(C)(C)[C@H](NC(=O)[C@@H](NC(=O)c1cnccn1)C1CCCC1)C(=O)N1C[C@@H]2CCC[C@@H]2[C@H]1C(=O)O. The molecule has 1 saturated heterocycles. The number of rotatable bonds is 7. The van der Waals surface area contributed by atoms with Gasteiger partial charge in [-0.25, -0.2) is 9.78 Å². The van der Waals surface area contributed by atoms with E-state index in [1.807, 2.05) is 20.8 Å². The lowest BCUT2D eigenvalue weighted by atomic mass is 9.84. The van der Waals surface area contributed by atoms with Crippen molar-refractivity contribution in [3.63, 3.8) is 0 Å². The molecule has 0 bridgehead atoms. The molecule has 10 heteroatoms. The van der Waals surface area contributed by atoms with Gasteiger partial charge < -0.3 is 20.6 Å². The topological polar surface area (TPSA) is 142 Å². The van der Waals surface area contributed by atoms with Crippen LogP contribution in [0.25, 0.3) is 0 Å². The highest BCUT2D eigenvalue weighted by atomic mass is 16.4. The lowest BCUT2D eigenvalue weighted by Gasteiger charge is -2.37. The summed E-state index contributed by atoms with van der Waals surface area (Å²) in [6, 6.07) is -2.62. The third-order valence-corrected chi connectivity index (χ3v) is 8.06. The van der Waals surface area contributed by atoms with Crippen molar-refractivity contribution in [1.82, 2.24) is 25.5 Å². The van der Waals surface area contributed by atoms with E-state index in [1.165, 1.54) is 23.5 Å². The van der Waals surface area contributed by atoms with Crippen LogP contribution in [-0.4, -0.2) is 68.3 Å². The predicted molar refractivity (Wildman–Crippen MR) is 131 cm³/mol. The Morgan fingerprint density at radius 1 is 1.03 bits per heavy atom. The fourth-order valence-corrected chi connectivity index (χ4v) is 6.21. The fourth-order valence-electron chi connectivity index (χ4n) is 6.21. The van der Waals surface area contributed by atoms with Crippen molar-refractivity contribution in [2.24, 2.45) is 23.2 Å². The number of hydrogen-bond donors (Lipinski definition) is 3. The number of carboxylic acid groups (broad SMARTS) is 1. The molecule has 1 aromatic rings. The van der Waals surface area contributed by atoms with E-state index in [9.17, 15) is 24.3 Å². The highest BCUT2D eigenvalue weighted by Crippen LogP contribution is 2.43. The van der Waals surface area contributed by atoms with Gasteiger partial charge in [-0.1, -0.05) is 40.0 Å². The van der Waals surface area contributed by atoms with Gasteiger partial charge in [0.25, 0.3) is 5.91 Å². The Labute approximate surface area is 211 Å². The van der Waals surface area contributed by atoms with Gasteiger partial charge in [-0.3, -0.25) is 19.4 Å². The minimum atomic E-state index is -0.989. The molecule has 2 aliphatic carbocycles. The molecule has 0 unspecified atom stereocenters. The number of fused-ring (bicyclic) bond motifs is 1. The number of carbonyl (C=O) groups is 4. The maximum absolute atomic E-state index is 13.8. The Kier molecular flexibility index (Phi) is 7.61. The molecule has 2 saturated carbocycles. The number of aliphatic carboxylic acids is 1. The second-order valence-electron chi connectivity index (χ2n) is 11.5. The van der Waals surface area contributed by atoms with Crippen molar-refractivity contribution in [3.05, 3.63) is 24.3 Å². The van der Waals surface area contributed by atoms with E-state index >= 15 is 0 Å². The highest BCUT2D eigenvalue weighted by Gasteiger charge is 2.52. The van der Waals surface area contributed by atoms with Gasteiger partial charge in [-0.2, -0.15) is 0 Å². The third-order valence-electron chi connectivity index (χ3n) is 8.06. The Balaban J connectivity index is 1.55. The number of likely N-dealkylation sites (tertiary alicyclic amines) is 1. The number of aromatic nitrogens is 2. The summed E-state index contributed by atoms with van der Waals surface area (Å²) in [7, 11) is 0. The molecule has 1 aromatic heterocycles. The molecule has 0 aromatic carbocycles. The van der Waals surface area contributed by atoms with E-state index in [-0.39, 0.29) is 29.4 Å². The standard InChI is InChI=1S/C26H37N5O5/c1-26(2,3)21(24(34)31-14-16-9-6-10-17(16)20(31)25(35)36)30-23(33)19(15-7-4-5-8-15)29-22(32)18-13-27-11-12-28-18/h11-13,15-17,19-21H,4-10,14H2,1-3H3,(H,29,32)(H,30,33)(H,35,36)/t16-,17-,19-,20-,21+/m0/s1. The molecule has 3 N–H and O–H groups in total. The quantitative estimate of drug-likeness (QED) is 0.521. The predicted octanol–water partition coefficient (Wildman–Crippen LogP) is 2.01. The van der Waals surface area contributed by atoms with E-state index in [0.29, 0.717) is 6.54 Å². The fraction of sp³-hybridized carbons (Fsp3) is 0.692. The number of amides is 3. The summed E-state index contributed by atoms with van der Waals surface area (Å²) >= 11 is 0. The van der Waals surface area contributed by atoms with Gasteiger partial charge in [0, 0.05) is 18.9 Å². The van der Waals surface area contributed by atoms with Crippen LogP contribution in [0.5, 0.6) is 0 Å². The molecule has 4 rings (SSSR count). The molecule has 3 aliphatic rings. The van der Waals surface area contributed by atoms with Crippen LogP contribution in [0.3, 0.4) is 0 Å². The second-order valence-corrected chi connectivity index (χ2v) is 11.5. The van der Waals surface area contributed by atoms with Gasteiger partial charge in [-0.05, 0) is 48.9 Å². The van der Waals surface area contributed by atoms with Crippen molar-refractivity contribution >= 4 is 23.7 Å². The summed E-state index contributed by atoms with van der Waals surface area (Å²) in [6.07, 6.45) is 10.5. The van der Waals surface area contributed by atoms with Crippen LogP contribution >= 0.6 is 0 Å². The molecule has 0 radical (unpaired) electrons. The van der Waals surface area contributed by atoms with Gasteiger partial charge in [0.2, 0.25) is 11.8 Å². The van der Waals surface area contributed by atoms with Crippen LogP contribution < -0.4 is 10.6 Å². The lowest BCUT2D eigenvalue weighted by molar-refractivity contribution is -0.152. The molecule has 2 heterocycles. The number of hydrogen-bond acceptors (Lipinski definition) is 6. The lowest BCUT2D eigenvalue weighted by Crippen LogP contribution is -2.61. The summed E-state index contributed by atoms with van der Waals surface area (Å²) in [4.78, 5) is 61.9. The van der Waals surface area contributed by atoms with Crippen molar-refractivity contribution in [2.45, 2.75) is 83.8 Å². The largest absolute Gasteiger partial charge is 0.480 e. The van der Waals surface area contributed by atoms with Crippen LogP contribution in [-0.2, 0) is 14.4 Å². The minimum absolute atomic E-state index is 0.0414. The first-order valence-electron chi connectivity index (χ1n) is 13.0. The van der Waals surface area contributed by atoms with E-state index < -0.39 is 41.3 Å². The monoisotopic (exact) mass is 499 g/mol. The molecule has 3 amide bonds. The van der Waals surface area contributed by atoms with Crippen LogP contribution in [0.4, 0.5) is 0 Å². The summed E-state index contributed by atoms with van der Waals surface area (Å²) < 4.78 is 0. The summed E-state index contributed by atoms with van der Waals surface area (Å²) in [5.74, 6) is -2.20. The van der Waals surface area contributed by atoms with Gasteiger partial charge in [0.1, 0.15) is 23.8 Å². The zero-order valence-corrected chi connectivity index (χ0v) is 21.3. The summed E-state index contributed by atoms with van der Waals surface area (Å²) in [5, 5.41) is 15.7. The molecular formula is C26H37N5O5. The second kappa shape index (κ2) is 10.5. The van der Waals surface area contributed by atoms with E-state index in [4.69, 9.17) is 0 Å². The van der Waals surface area contributed by atoms with E-state index in [0.717, 1.165) is 44.9 Å². The normalized spacial score (nSPS) is 25.8. The Morgan fingerprint density at radius 2 is 1.75 bits per heavy atom. The zero-order valence-electron chi connectivity index (χ0n) is 21.3. The Hall–Kier alpha value is -3.04. The molecule has 1 aliphatic heterocycles. The number of carboxylic acids is 1. The first-order chi connectivity index (χ1) is 17.1. The van der Waals surface area contributed by atoms with Crippen LogP contribution in [0, 0.1) is 23.2 Å². The van der Waals surface area contributed by atoms with Crippen molar-refractivity contribution in [2.75, 3.05) is 6.54 Å². The maximum atomic E-state index is 13.8. The van der Waals surface area contributed by atoms with Gasteiger partial charge in [0.05, 0.1) is 6.20 Å². The zero-order chi connectivity index (χ0) is 26.0. The average molecular weight is 500 g/mol. The first-order valence-corrected chi connectivity index (χ1v) is 13.0.